The number of carbonyl (C=O) groups is 2. The Morgan fingerprint density at radius 2 is 2.05 bits per heavy atom. The van der Waals surface area contributed by atoms with Crippen LogP contribution in [0.4, 0.5) is 0 Å². The third-order valence-electron chi connectivity index (χ3n) is 3.10. The van der Waals surface area contributed by atoms with Crippen molar-refractivity contribution in [3.05, 3.63) is 40.4 Å². The second-order valence-electron chi connectivity index (χ2n) is 4.56. The maximum absolute atomic E-state index is 11.8. The van der Waals surface area contributed by atoms with Gasteiger partial charge in [0.15, 0.2) is 0 Å². The molecule has 0 aliphatic carbocycles. The zero-order chi connectivity index (χ0) is 15.1. The summed E-state index contributed by atoms with van der Waals surface area (Å²) in [5, 5.41) is 11.6. The van der Waals surface area contributed by atoms with Crippen molar-refractivity contribution in [3.8, 4) is 0 Å². The second-order valence-corrected chi connectivity index (χ2v) is 5.42. The lowest BCUT2D eigenvalue weighted by atomic mass is 9.99. The molecule has 108 valence electrons. The Labute approximate surface area is 127 Å². The number of rotatable bonds is 6. The molecule has 0 bridgehead atoms. The van der Waals surface area contributed by atoms with Gasteiger partial charge in [-0.1, -0.05) is 54.4 Å². The van der Waals surface area contributed by atoms with Crippen LogP contribution >= 0.6 is 15.9 Å². The lowest BCUT2D eigenvalue weighted by Gasteiger charge is -2.19. The molecule has 0 radical (unpaired) electrons. The van der Waals surface area contributed by atoms with E-state index in [0.717, 1.165) is 10.0 Å². The Kier molecular flexibility index (Phi) is 6.45. The molecule has 1 rings (SSSR count). The maximum atomic E-state index is 11.8. The fourth-order valence-electron chi connectivity index (χ4n) is 1.66. The van der Waals surface area contributed by atoms with E-state index in [4.69, 9.17) is 5.11 Å². The van der Waals surface area contributed by atoms with Gasteiger partial charge in [0.2, 0.25) is 5.91 Å². The van der Waals surface area contributed by atoms with Crippen LogP contribution in [0.25, 0.3) is 6.08 Å². The number of halogens is 1. The monoisotopic (exact) mass is 339 g/mol. The molecule has 0 spiro atoms. The van der Waals surface area contributed by atoms with Crippen molar-refractivity contribution in [3.63, 3.8) is 0 Å². The first kappa shape index (κ1) is 16.4. The zero-order valence-corrected chi connectivity index (χ0v) is 13.1. The van der Waals surface area contributed by atoms with Crippen LogP contribution in [-0.4, -0.2) is 23.0 Å². The fourth-order valence-corrected chi connectivity index (χ4v) is 2.08. The van der Waals surface area contributed by atoms with Gasteiger partial charge in [0.1, 0.15) is 6.04 Å². The van der Waals surface area contributed by atoms with Gasteiger partial charge in [-0.15, -0.1) is 0 Å². The van der Waals surface area contributed by atoms with E-state index < -0.39 is 17.9 Å². The number of aliphatic carboxylic acids is 1. The summed E-state index contributed by atoms with van der Waals surface area (Å²) in [5.74, 6) is -1.54. The Morgan fingerprint density at radius 1 is 1.40 bits per heavy atom. The summed E-state index contributed by atoms with van der Waals surface area (Å²) >= 11 is 3.38. The van der Waals surface area contributed by atoms with Gasteiger partial charge in [-0.25, -0.2) is 4.79 Å². The minimum atomic E-state index is -1.01. The highest BCUT2D eigenvalue weighted by atomic mass is 79.9. The third kappa shape index (κ3) is 4.81. The molecule has 5 heteroatoms. The third-order valence-corrected chi connectivity index (χ3v) is 3.82. The van der Waals surface area contributed by atoms with Crippen molar-refractivity contribution in [2.75, 3.05) is 0 Å². The SMILES string of the molecule is CC[C@H](C)[C@H](NC(=O)/C=C/c1ccccc1Br)C(=O)O. The normalized spacial score (nSPS) is 13.9. The van der Waals surface area contributed by atoms with Gasteiger partial charge >= 0.3 is 5.97 Å². The van der Waals surface area contributed by atoms with E-state index in [0.29, 0.717) is 6.42 Å². The Hall–Kier alpha value is -1.62. The molecule has 1 amide bonds. The minimum absolute atomic E-state index is 0.117. The van der Waals surface area contributed by atoms with Gasteiger partial charge in [-0.2, -0.15) is 0 Å². The summed E-state index contributed by atoms with van der Waals surface area (Å²) in [7, 11) is 0. The van der Waals surface area contributed by atoms with Crippen molar-refractivity contribution in [1.82, 2.24) is 5.32 Å². The van der Waals surface area contributed by atoms with Crippen LogP contribution in [-0.2, 0) is 9.59 Å². The van der Waals surface area contributed by atoms with E-state index in [1.807, 2.05) is 31.2 Å². The van der Waals surface area contributed by atoms with Crippen molar-refractivity contribution < 1.29 is 14.7 Å². The van der Waals surface area contributed by atoms with Gasteiger partial charge in [0, 0.05) is 10.5 Å². The van der Waals surface area contributed by atoms with Crippen LogP contribution in [0.5, 0.6) is 0 Å². The zero-order valence-electron chi connectivity index (χ0n) is 11.5. The van der Waals surface area contributed by atoms with E-state index >= 15 is 0 Å². The maximum Gasteiger partial charge on any atom is 0.326 e. The Morgan fingerprint density at radius 3 is 2.60 bits per heavy atom. The second kappa shape index (κ2) is 7.85. The summed E-state index contributed by atoms with van der Waals surface area (Å²) in [4.78, 5) is 22.9. The summed E-state index contributed by atoms with van der Waals surface area (Å²) in [5.41, 5.74) is 0.859. The smallest absolute Gasteiger partial charge is 0.326 e. The fraction of sp³-hybridized carbons (Fsp3) is 0.333. The molecule has 0 saturated heterocycles. The lowest BCUT2D eigenvalue weighted by Crippen LogP contribution is -2.44. The molecule has 0 aliphatic heterocycles. The molecular weight excluding hydrogens is 322 g/mol. The Balaban J connectivity index is 2.71. The number of hydrogen-bond acceptors (Lipinski definition) is 2. The van der Waals surface area contributed by atoms with Gasteiger partial charge in [0.05, 0.1) is 0 Å². The summed E-state index contributed by atoms with van der Waals surface area (Å²) in [6.07, 6.45) is 3.68. The predicted molar refractivity (Wildman–Crippen MR) is 82.2 cm³/mol. The van der Waals surface area contributed by atoms with Crippen LogP contribution in [0, 0.1) is 5.92 Å². The number of amides is 1. The molecule has 1 aromatic rings. The summed E-state index contributed by atoms with van der Waals surface area (Å²) < 4.78 is 0.876. The van der Waals surface area contributed by atoms with Gasteiger partial charge in [-0.3, -0.25) is 4.79 Å². The number of carboxylic acid groups (broad SMARTS) is 1. The molecule has 0 aromatic heterocycles. The highest BCUT2D eigenvalue weighted by Gasteiger charge is 2.24. The Bertz CT molecular complexity index is 514. The van der Waals surface area contributed by atoms with Gasteiger partial charge in [0.25, 0.3) is 0 Å². The molecule has 0 aliphatic rings. The topological polar surface area (TPSA) is 66.4 Å². The van der Waals surface area contributed by atoms with E-state index in [9.17, 15) is 9.59 Å². The van der Waals surface area contributed by atoms with E-state index in [-0.39, 0.29) is 5.92 Å². The van der Waals surface area contributed by atoms with Crippen LogP contribution in [0.2, 0.25) is 0 Å². The molecule has 1 aromatic carbocycles. The number of benzene rings is 1. The quantitative estimate of drug-likeness (QED) is 0.782. The molecule has 0 saturated carbocycles. The standard InChI is InChI=1S/C15H18BrNO3/c1-3-10(2)14(15(19)20)17-13(18)9-8-11-6-4-5-7-12(11)16/h4-10,14H,3H2,1-2H3,(H,17,18)(H,19,20)/b9-8+/t10-,14-/m0/s1. The van der Waals surface area contributed by atoms with Gasteiger partial charge < -0.3 is 10.4 Å². The number of nitrogens with one attached hydrogen (secondary N) is 1. The van der Waals surface area contributed by atoms with E-state index in [1.54, 1.807) is 13.0 Å². The van der Waals surface area contributed by atoms with Crippen molar-refractivity contribution in [2.24, 2.45) is 5.92 Å². The largest absolute Gasteiger partial charge is 0.480 e. The van der Waals surface area contributed by atoms with Crippen molar-refractivity contribution in [2.45, 2.75) is 26.3 Å². The predicted octanol–water partition coefficient (Wildman–Crippen LogP) is 3.08. The number of carboxylic acids is 1. The minimum Gasteiger partial charge on any atom is -0.480 e. The molecule has 0 unspecified atom stereocenters. The summed E-state index contributed by atoms with van der Waals surface area (Å²) in [6.45, 7) is 3.69. The highest BCUT2D eigenvalue weighted by Crippen LogP contribution is 2.17. The van der Waals surface area contributed by atoms with E-state index in [2.05, 4.69) is 21.2 Å². The first-order valence-corrected chi connectivity index (χ1v) is 7.21. The molecule has 2 N–H and O–H groups in total. The van der Waals surface area contributed by atoms with Crippen LogP contribution < -0.4 is 5.32 Å². The van der Waals surface area contributed by atoms with Crippen LogP contribution in [0.15, 0.2) is 34.8 Å². The average molecular weight is 340 g/mol. The molecule has 4 nitrogen and oxygen atoms in total. The van der Waals surface area contributed by atoms with Gasteiger partial charge in [-0.05, 0) is 23.6 Å². The van der Waals surface area contributed by atoms with Crippen LogP contribution in [0.1, 0.15) is 25.8 Å². The molecule has 0 fully saturated rings. The summed E-state index contributed by atoms with van der Waals surface area (Å²) in [6, 6.07) is 6.61. The first-order chi connectivity index (χ1) is 9.45. The molecule has 20 heavy (non-hydrogen) atoms. The average Bonchev–Trinajstić information content (AvgIpc) is 2.42. The van der Waals surface area contributed by atoms with Crippen molar-refractivity contribution >= 4 is 33.9 Å². The van der Waals surface area contributed by atoms with Crippen molar-refractivity contribution in [1.29, 1.82) is 0 Å². The number of hydrogen-bond donors (Lipinski definition) is 2. The molecule has 2 atom stereocenters. The van der Waals surface area contributed by atoms with E-state index in [1.165, 1.54) is 6.08 Å². The number of carbonyl (C=O) groups excluding carboxylic acids is 1. The van der Waals surface area contributed by atoms with Crippen LogP contribution in [0.3, 0.4) is 0 Å². The highest BCUT2D eigenvalue weighted by molar-refractivity contribution is 9.10. The lowest BCUT2D eigenvalue weighted by molar-refractivity contribution is -0.142. The first-order valence-electron chi connectivity index (χ1n) is 6.41. The molecular formula is C15H18BrNO3. The molecule has 0 heterocycles.